The molecule has 5 heteroatoms. The summed E-state index contributed by atoms with van der Waals surface area (Å²) < 4.78 is 27.1. The minimum Gasteiger partial charge on any atom is -0.303 e. The summed E-state index contributed by atoms with van der Waals surface area (Å²) in [5.74, 6) is 0. The zero-order valence-corrected chi connectivity index (χ0v) is 13.6. The SMILES string of the molecule is Cc1ccc2c(c1)c(CCC=O)cn2S(=O)(=O)c1ccccc1. The van der Waals surface area contributed by atoms with Crippen LogP contribution in [0.4, 0.5) is 0 Å². The molecule has 4 nitrogen and oxygen atoms in total. The van der Waals surface area contributed by atoms with Gasteiger partial charge in [-0.1, -0.05) is 29.8 Å². The van der Waals surface area contributed by atoms with Gasteiger partial charge in [0.1, 0.15) is 6.29 Å². The molecular weight excluding hydrogens is 310 g/mol. The lowest BCUT2D eigenvalue weighted by Crippen LogP contribution is -2.11. The van der Waals surface area contributed by atoms with Crippen LogP contribution in [0.25, 0.3) is 10.9 Å². The minimum absolute atomic E-state index is 0.249. The van der Waals surface area contributed by atoms with E-state index in [1.165, 1.54) is 3.97 Å². The van der Waals surface area contributed by atoms with E-state index in [1.54, 1.807) is 36.5 Å². The van der Waals surface area contributed by atoms with Crippen molar-refractivity contribution in [2.45, 2.75) is 24.7 Å². The Morgan fingerprint density at radius 1 is 1.09 bits per heavy atom. The van der Waals surface area contributed by atoms with Gasteiger partial charge in [0.15, 0.2) is 0 Å². The van der Waals surface area contributed by atoms with Crippen molar-refractivity contribution in [1.29, 1.82) is 0 Å². The van der Waals surface area contributed by atoms with E-state index >= 15 is 0 Å². The summed E-state index contributed by atoms with van der Waals surface area (Å²) in [7, 11) is -3.65. The molecule has 0 aliphatic heterocycles. The summed E-state index contributed by atoms with van der Waals surface area (Å²) in [5.41, 5.74) is 2.57. The Bertz CT molecular complexity index is 957. The molecule has 2 aromatic carbocycles. The third-order valence-electron chi connectivity index (χ3n) is 3.84. The number of rotatable bonds is 5. The van der Waals surface area contributed by atoms with Crippen molar-refractivity contribution in [2.75, 3.05) is 0 Å². The Kier molecular flexibility index (Phi) is 4.05. The van der Waals surface area contributed by atoms with E-state index in [1.807, 2.05) is 25.1 Å². The molecule has 3 aromatic rings. The average Bonchev–Trinajstić information content (AvgIpc) is 2.92. The van der Waals surface area contributed by atoms with Crippen molar-refractivity contribution in [3.63, 3.8) is 0 Å². The molecule has 0 radical (unpaired) electrons. The van der Waals surface area contributed by atoms with Crippen molar-refractivity contribution in [3.8, 4) is 0 Å². The molecule has 118 valence electrons. The van der Waals surface area contributed by atoms with Crippen molar-refractivity contribution in [3.05, 3.63) is 65.9 Å². The molecule has 0 N–H and O–H groups in total. The monoisotopic (exact) mass is 327 g/mol. The van der Waals surface area contributed by atoms with E-state index < -0.39 is 10.0 Å². The zero-order valence-electron chi connectivity index (χ0n) is 12.8. The van der Waals surface area contributed by atoms with Crippen molar-refractivity contribution in [2.24, 2.45) is 0 Å². The lowest BCUT2D eigenvalue weighted by Gasteiger charge is -2.07. The molecule has 0 amide bonds. The summed E-state index contributed by atoms with van der Waals surface area (Å²) in [6.07, 6.45) is 3.39. The van der Waals surface area contributed by atoms with Crippen LogP contribution in [0.15, 0.2) is 59.6 Å². The van der Waals surface area contributed by atoms with Gasteiger partial charge in [0.25, 0.3) is 10.0 Å². The number of carbonyl (C=O) groups is 1. The highest BCUT2D eigenvalue weighted by atomic mass is 32.2. The normalized spacial score (nSPS) is 11.7. The molecule has 0 spiro atoms. The Balaban J connectivity index is 2.24. The van der Waals surface area contributed by atoms with E-state index in [-0.39, 0.29) is 4.90 Å². The zero-order chi connectivity index (χ0) is 16.4. The van der Waals surface area contributed by atoms with Gasteiger partial charge in [-0.2, -0.15) is 0 Å². The highest BCUT2D eigenvalue weighted by Crippen LogP contribution is 2.27. The summed E-state index contributed by atoms with van der Waals surface area (Å²) in [5, 5.41) is 0.881. The number of carbonyl (C=O) groups excluding carboxylic acids is 1. The Morgan fingerprint density at radius 2 is 1.83 bits per heavy atom. The van der Waals surface area contributed by atoms with Crippen LogP contribution < -0.4 is 0 Å². The number of hydrogen-bond donors (Lipinski definition) is 0. The third kappa shape index (κ3) is 2.80. The van der Waals surface area contributed by atoms with E-state index in [9.17, 15) is 13.2 Å². The van der Waals surface area contributed by atoms with E-state index in [4.69, 9.17) is 0 Å². The fourth-order valence-electron chi connectivity index (χ4n) is 2.70. The predicted octanol–water partition coefficient (Wildman–Crippen LogP) is 3.32. The largest absolute Gasteiger partial charge is 0.303 e. The predicted molar refractivity (Wildman–Crippen MR) is 90.1 cm³/mol. The molecule has 0 aliphatic carbocycles. The molecule has 23 heavy (non-hydrogen) atoms. The standard InChI is InChI=1S/C18H17NO3S/c1-14-9-10-18-17(12-14)15(6-5-11-20)13-19(18)23(21,22)16-7-3-2-4-8-16/h2-4,7-13H,5-6H2,1H3. The van der Waals surface area contributed by atoms with Gasteiger partial charge in [0.05, 0.1) is 10.4 Å². The van der Waals surface area contributed by atoms with Gasteiger partial charge < -0.3 is 4.79 Å². The van der Waals surface area contributed by atoms with Crippen LogP contribution in [0.5, 0.6) is 0 Å². The fraction of sp³-hybridized carbons (Fsp3) is 0.167. The number of aryl methyl sites for hydroxylation is 2. The van der Waals surface area contributed by atoms with Crippen LogP contribution in [0.1, 0.15) is 17.5 Å². The number of benzene rings is 2. The second-order valence-corrected chi connectivity index (χ2v) is 7.31. The lowest BCUT2D eigenvalue weighted by molar-refractivity contribution is -0.107. The first kappa shape index (κ1) is 15.5. The van der Waals surface area contributed by atoms with Gasteiger partial charge in [-0.3, -0.25) is 0 Å². The molecule has 1 heterocycles. The molecule has 0 saturated heterocycles. The summed E-state index contributed by atoms with van der Waals surface area (Å²) in [4.78, 5) is 10.9. The Labute approximate surface area is 135 Å². The lowest BCUT2D eigenvalue weighted by atomic mass is 10.1. The first-order chi connectivity index (χ1) is 11.0. The van der Waals surface area contributed by atoms with Crippen LogP contribution >= 0.6 is 0 Å². The van der Waals surface area contributed by atoms with E-state index in [0.29, 0.717) is 18.4 Å². The van der Waals surface area contributed by atoms with Crippen molar-refractivity contribution < 1.29 is 13.2 Å². The van der Waals surface area contributed by atoms with E-state index in [2.05, 4.69) is 0 Å². The minimum atomic E-state index is -3.65. The average molecular weight is 327 g/mol. The van der Waals surface area contributed by atoms with Gasteiger partial charge in [-0.15, -0.1) is 0 Å². The van der Waals surface area contributed by atoms with Crippen LogP contribution in [-0.2, 0) is 21.2 Å². The second kappa shape index (κ2) is 6.01. The number of hydrogen-bond acceptors (Lipinski definition) is 3. The van der Waals surface area contributed by atoms with Crippen LogP contribution in [0, 0.1) is 6.92 Å². The maximum atomic E-state index is 12.9. The molecule has 0 aliphatic rings. The van der Waals surface area contributed by atoms with Gasteiger partial charge in [0.2, 0.25) is 0 Å². The smallest absolute Gasteiger partial charge is 0.268 e. The maximum absolute atomic E-state index is 12.9. The highest BCUT2D eigenvalue weighted by molar-refractivity contribution is 7.90. The Morgan fingerprint density at radius 3 is 2.52 bits per heavy atom. The van der Waals surface area contributed by atoms with Crippen LogP contribution in [-0.4, -0.2) is 18.7 Å². The molecule has 0 saturated carbocycles. The van der Waals surface area contributed by atoms with Gasteiger partial charge in [-0.05, 0) is 43.2 Å². The molecule has 0 atom stereocenters. The molecular formula is C18H17NO3S. The molecule has 3 rings (SSSR count). The number of aromatic nitrogens is 1. The summed E-state index contributed by atoms with van der Waals surface area (Å²) in [6, 6.07) is 14.0. The maximum Gasteiger partial charge on any atom is 0.268 e. The molecule has 0 bridgehead atoms. The van der Waals surface area contributed by atoms with Crippen LogP contribution in [0.3, 0.4) is 0 Å². The number of aldehydes is 1. The van der Waals surface area contributed by atoms with Gasteiger partial charge in [0, 0.05) is 18.0 Å². The fourth-order valence-corrected chi connectivity index (χ4v) is 4.11. The van der Waals surface area contributed by atoms with Gasteiger partial charge in [-0.25, -0.2) is 12.4 Å². The summed E-state index contributed by atoms with van der Waals surface area (Å²) >= 11 is 0. The number of nitrogens with zero attached hydrogens (tertiary/aromatic N) is 1. The van der Waals surface area contributed by atoms with Crippen molar-refractivity contribution in [1.82, 2.24) is 3.97 Å². The highest BCUT2D eigenvalue weighted by Gasteiger charge is 2.20. The molecule has 0 unspecified atom stereocenters. The third-order valence-corrected chi connectivity index (χ3v) is 5.53. The first-order valence-electron chi connectivity index (χ1n) is 7.39. The first-order valence-corrected chi connectivity index (χ1v) is 8.83. The number of fused-ring (bicyclic) bond motifs is 1. The quantitative estimate of drug-likeness (QED) is 0.676. The van der Waals surface area contributed by atoms with Gasteiger partial charge >= 0.3 is 0 Å². The van der Waals surface area contributed by atoms with Crippen molar-refractivity contribution >= 4 is 27.2 Å². The molecule has 0 fully saturated rings. The Hall–Kier alpha value is -2.40. The summed E-state index contributed by atoms with van der Waals surface area (Å²) in [6.45, 7) is 1.96. The molecule has 1 aromatic heterocycles. The van der Waals surface area contributed by atoms with Crippen LogP contribution in [0.2, 0.25) is 0 Å². The van der Waals surface area contributed by atoms with E-state index in [0.717, 1.165) is 22.8 Å². The second-order valence-electron chi connectivity index (χ2n) is 5.49. The topological polar surface area (TPSA) is 56.1 Å².